The molecule has 0 bridgehead atoms. The van der Waals surface area contributed by atoms with E-state index in [1.807, 2.05) is 24.7 Å². The summed E-state index contributed by atoms with van der Waals surface area (Å²) in [5.41, 5.74) is 8.48. The van der Waals surface area contributed by atoms with Gasteiger partial charge in [-0.3, -0.25) is 4.98 Å². The minimum atomic E-state index is 0.933. The third-order valence-corrected chi connectivity index (χ3v) is 8.46. The first-order valence-electron chi connectivity index (χ1n) is 14.0. The van der Waals surface area contributed by atoms with E-state index in [-0.39, 0.29) is 0 Å². The Labute approximate surface area is 241 Å². The monoisotopic (exact) mass is 534 g/mol. The molecule has 0 atom stereocenters. The van der Waals surface area contributed by atoms with Crippen molar-refractivity contribution in [2.24, 2.45) is 0 Å². The van der Waals surface area contributed by atoms with Gasteiger partial charge >= 0.3 is 0 Å². The Morgan fingerprint density at radius 1 is 0.429 bits per heavy atom. The number of nitrogens with zero attached hydrogens (tertiary/aromatic N) is 4. The highest BCUT2D eigenvalue weighted by molar-refractivity contribution is 6.27. The van der Waals surface area contributed by atoms with Gasteiger partial charge in [0.1, 0.15) is 6.33 Å². The lowest BCUT2D eigenvalue weighted by Gasteiger charge is -2.16. The largest absolute Gasteiger partial charge is 0.254 e. The number of pyridine rings is 2. The summed E-state index contributed by atoms with van der Waals surface area (Å²) in [5.74, 6) is 0. The Balaban J connectivity index is 1.18. The highest BCUT2D eigenvalue weighted by atomic mass is 14.8. The number of hydrogen-bond acceptors (Lipinski definition) is 4. The van der Waals surface area contributed by atoms with Crippen LogP contribution in [0.25, 0.3) is 87.6 Å². The molecule has 6 aromatic carbocycles. The van der Waals surface area contributed by atoms with Gasteiger partial charge < -0.3 is 0 Å². The first-order chi connectivity index (χ1) is 20.8. The van der Waals surface area contributed by atoms with Crippen molar-refractivity contribution in [3.05, 3.63) is 134 Å². The summed E-state index contributed by atoms with van der Waals surface area (Å²) in [6.45, 7) is 0. The van der Waals surface area contributed by atoms with E-state index in [9.17, 15) is 0 Å². The van der Waals surface area contributed by atoms with Crippen LogP contribution in [0.3, 0.4) is 0 Å². The van der Waals surface area contributed by atoms with Crippen molar-refractivity contribution < 1.29 is 0 Å². The molecule has 0 amide bonds. The van der Waals surface area contributed by atoms with E-state index in [1.54, 1.807) is 6.33 Å². The van der Waals surface area contributed by atoms with Crippen molar-refractivity contribution >= 4 is 54.1 Å². The summed E-state index contributed by atoms with van der Waals surface area (Å²) in [4.78, 5) is 18.2. The predicted octanol–water partition coefficient (Wildman–Crippen LogP) is 9.47. The maximum absolute atomic E-state index is 5.04. The Hall–Kier alpha value is -5.74. The highest BCUT2D eigenvalue weighted by Crippen LogP contribution is 2.42. The Bertz CT molecular complexity index is 2450. The van der Waals surface area contributed by atoms with Crippen LogP contribution in [0.1, 0.15) is 0 Å². The molecule has 0 spiro atoms. The topological polar surface area (TPSA) is 51.6 Å². The van der Waals surface area contributed by atoms with Gasteiger partial charge in [0.05, 0.1) is 16.7 Å². The van der Waals surface area contributed by atoms with Crippen molar-refractivity contribution in [2.45, 2.75) is 0 Å². The Kier molecular flexibility index (Phi) is 4.87. The van der Waals surface area contributed by atoms with Crippen LogP contribution in [0.15, 0.2) is 134 Å². The van der Waals surface area contributed by atoms with Crippen LogP contribution >= 0.6 is 0 Å². The fraction of sp³-hybridized carbons (Fsp3) is 0. The molecule has 0 unspecified atom stereocenters. The molecule has 0 aliphatic heterocycles. The maximum atomic E-state index is 5.04. The van der Waals surface area contributed by atoms with E-state index in [4.69, 9.17) is 4.98 Å². The third kappa shape index (κ3) is 3.42. The van der Waals surface area contributed by atoms with Crippen molar-refractivity contribution in [2.75, 3.05) is 0 Å². The minimum Gasteiger partial charge on any atom is -0.254 e. The standard InChI is InChI=1S/C38H22N4/c1-2-27-7-8-28-13-18-34(42-38(28)37(27)41-19-1)24-5-3-23(4-6-24)30-14-9-25-12-17-33-31(29-20-39-22-40-21-29)15-10-26-11-16-32(30)35(25)36(26)33/h1-22H. The molecule has 194 valence electrons. The molecule has 42 heavy (non-hydrogen) atoms. The van der Waals surface area contributed by atoms with E-state index < -0.39 is 0 Å². The van der Waals surface area contributed by atoms with E-state index in [1.165, 1.54) is 43.4 Å². The first kappa shape index (κ1) is 23.0. The molecule has 3 heterocycles. The van der Waals surface area contributed by atoms with Crippen LogP contribution in [0, 0.1) is 0 Å². The van der Waals surface area contributed by atoms with Gasteiger partial charge in [0.2, 0.25) is 0 Å². The summed E-state index contributed by atoms with van der Waals surface area (Å²) in [6.07, 6.45) is 7.18. The van der Waals surface area contributed by atoms with Crippen molar-refractivity contribution in [3.63, 3.8) is 0 Å². The zero-order valence-corrected chi connectivity index (χ0v) is 22.5. The normalized spacial score (nSPS) is 11.8. The van der Waals surface area contributed by atoms with Crippen LogP contribution < -0.4 is 0 Å². The smallest absolute Gasteiger partial charge is 0.115 e. The van der Waals surface area contributed by atoms with Crippen molar-refractivity contribution in [3.8, 4) is 33.5 Å². The van der Waals surface area contributed by atoms with Crippen LogP contribution in [-0.4, -0.2) is 19.9 Å². The first-order valence-corrected chi connectivity index (χ1v) is 14.0. The van der Waals surface area contributed by atoms with Crippen molar-refractivity contribution in [1.82, 2.24) is 19.9 Å². The van der Waals surface area contributed by atoms with Crippen molar-refractivity contribution in [1.29, 1.82) is 0 Å². The molecule has 4 nitrogen and oxygen atoms in total. The van der Waals surface area contributed by atoms with Crippen LogP contribution in [0.4, 0.5) is 0 Å². The molecule has 0 aliphatic rings. The number of aromatic nitrogens is 4. The van der Waals surface area contributed by atoms with Crippen LogP contribution in [0.5, 0.6) is 0 Å². The second kappa shape index (κ2) is 8.88. The summed E-state index contributed by atoms with van der Waals surface area (Å²) in [7, 11) is 0. The second-order valence-electron chi connectivity index (χ2n) is 10.8. The minimum absolute atomic E-state index is 0.933. The molecule has 0 aliphatic carbocycles. The summed E-state index contributed by atoms with van der Waals surface area (Å²) < 4.78 is 0. The Morgan fingerprint density at radius 2 is 1.00 bits per heavy atom. The summed E-state index contributed by atoms with van der Waals surface area (Å²) in [6, 6.07) is 39.1. The summed E-state index contributed by atoms with van der Waals surface area (Å²) >= 11 is 0. The molecule has 4 heteroatoms. The van der Waals surface area contributed by atoms with Gasteiger partial charge in [0.25, 0.3) is 0 Å². The lowest BCUT2D eigenvalue weighted by Crippen LogP contribution is -1.91. The molecular formula is C38H22N4. The molecule has 0 N–H and O–H groups in total. The van der Waals surface area contributed by atoms with Gasteiger partial charge in [-0.05, 0) is 61.1 Å². The van der Waals surface area contributed by atoms with E-state index >= 15 is 0 Å². The van der Waals surface area contributed by atoms with E-state index in [0.29, 0.717) is 0 Å². The summed E-state index contributed by atoms with van der Waals surface area (Å²) in [5, 5.41) is 9.72. The number of benzene rings is 6. The molecule has 0 saturated carbocycles. The lowest BCUT2D eigenvalue weighted by atomic mass is 9.87. The third-order valence-electron chi connectivity index (χ3n) is 8.46. The highest BCUT2D eigenvalue weighted by Gasteiger charge is 2.15. The molecule has 9 rings (SSSR count). The van der Waals surface area contributed by atoms with Gasteiger partial charge in [0, 0.05) is 40.5 Å². The number of fused-ring (bicyclic) bond motifs is 3. The SMILES string of the molecule is c1cnc2c(c1)ccc1ccc(-c3ccc(-c4ccc5ccc6c(-c7cncnc7)ccc7ccc4c5c76)cc3)nc12. The van der Waals surface area contributed by atoms with Crippen LogP contribution in [0.2, 0.25) is 0 Å². The molecule has 3 aromatic heterocycles. The van der Waals surface area contributed by atoms with Gasteiger partial charge in [0.15, 0.2) is 0 Å². The predicted molar refractivity (Wildman–Crippen MR) is 173 cm³/mol. The molecule has 9 aromatic rings. The van der Waals surface area contributed by atoms with Crippen LogP contribution in [-0.2, 0) is 0 Å². The average Bonchev–Trinajstić information content (AvgIpc) is 3.07. The fourth-order valence-electron chi connectivity index (χ4n) is 6.45. The lowest BCUT2D eigenvalue weighted by molar-refractivity contribution is 1.17. The maximum Gasteiger partial charge on any atom is 0.115 e. The molecular weight excluding hydrogens is 512 g/mol. The van der Waals surface area contributed by atoms with Gasteiger partial charge in [-0.15, -0.1) is 0 Å². The van der Waals surface area contributed by atoms with E-state index in [2.05, 4.69) is 118 Å². The molecule has 0 saturated heterocycles. The van der Waals surface area contributed by atoms with Gasteiger partial charge in [-0.25, -0.2) is 15.0 Å². The second-order valence-corrected chi connectivity index (χ2v) is 10.8. The van der Waals surface area contributed by atoms with Gasteiger partial charge in [-0.2, -0.15) is 0 Å². The number of hydrogen-bond donors (Lipinski definition) is 0. The zero-order valence-electron chi connectivity index (χ0n) is 22.5. The van der Waals surface area contributed by atoms with Gasteiger partial charge in [-0.1, -0.05) is 97.1 Å². The zero-order chi connectivity index (χ0) is 27.6. The number of rotatable bonds is 3. The Morgan fingerprint density at radius 3 is 1.71 bits per heavy atom. The molecule has 0 fully saturated rings. The average molecular weight is 535 g/mol. The van der Waals surface area contributed by atoms with E-state index in [0.717, 1.165) is 44.2 Å². The molecule has 0 radical (unpaired) electrons. The fourth-order valence-corrected chi connectivity index (χ4v) is 6.45. The quantitative estimate of drug-likeness (QED) is 0.212.